The van der Waals surface area contributed by atoms with Crippen LogP contribution >= 0.6 is 0 Å². The summed E-state index contributed by atoms with van der Waals surface area (Å²) >= 11 is 0. The smallest absolute Gasteiger partial charge is 0.326 e. The summed E-state index contributed by atoms with van der Waals surface area (Å²) in [5.74, 6) is 0. The molecule has 6 heteroatoms. The highest BCUT2D eigenvalue weighted by atomic mass is 28.3. The summed E-state index contributed by atoms with van der Waals surface area (Å²) in [7, 11) is -2.76. The van der Waals surface area contributed by atoms with E-state index < -0.39 is 20.4 Å². The Morgan fingerprint density at radius 3 is 1.17 bits per heavy atom. The molecule has 1 heterocycles. The fraction of sp³-hybridized carbons (Fsp3) is 1.00. The van der Waals surface area contributed by atoms with Crippen LogP contribution in [-0.2, 0) is 23.4 Å². The van der Waals surface area contributed by atoms with E-state index in [2.05, 4.69) is 27.7 Å². The molecule has 1 saturated heterocycles. The predicted molar refractivity (Wildman–Crippen MR) is 94.3 cm³/mol. The van der Waals surface area contributed by atoms with Crippen molar-refractivity contribution in [2.45, 2.75) is 116 Å². The average molecular weight is 361 g/mol. The minimum atomic E-state index is -2.76. The third-order valence-corrected chi connectivity index (χ3v) is 5.54. The van der Waals surface area contributed by atoms with E-state index in [0.717, 1.165) is 77.0 Å². The lowest BCUT2D eigenvalue weighted by atomic mass is 9.70. The van der Waals surface area contributed by atoms with Crippen LogP contribution in [0.1, 0.15) is 105 Å². The molecule has 142 valence electrons. The summed E-state index contributed by atoms with van der Waals surface area (Å²) in [5, 5.41) is 0. The number of hydrogen-bond acceptors (Lipinski definition) is 5. The molecule has 0 atom stereocenters. The quantitative estimate of drug-likeness (QED) is 0.337. The maximum atomic E-state index is 11.8. The molecule has 5 nitrogen and oxygen atoms in total. The first kappa shape index (κ1) is 21.6. The lowest BCUT2D eigenvalue weighted by Crippen LogP contribution is -2.56. The van der Waals surface area contributed by atoms with Gasteiger partial charge in [-0.15, -0.1) is 0 Å². The summed E-state index contributed by atoms with van der Waals surface area (Å²) in [5.41, 5.74) is -1.17. The van der Waals surface area contributed by atoms with Gasteiger partial charge in [0.2, 0.25) is 0 Å². The number of rotatable bonds is 12. The molecule has 0 aliphatic carbocycles. The summed E-state index contributed by atoms with van der Waals surface area (Å²) < 4.78 is 22.1. The van der Waals surface area contributed by atoms with Gasteiger partial charge in [-0.2, -0.15) is 9.78 Å². The monoisotopic (exact) mass is 360 g/mol. The molecule has 0 aromatic heterocycles. The molecule has 0 aromatic carbocycles. The van der Waals surface area contributed by atoms with Gasteiger partial charge in [0.1, 0.15) is 11.2 Å². The molecular weight excluding hydrogens is 324 g/mol. The van der Waals surface area contributed by atoms with Gasteiger partial charge in [-0.25, -0.2) is 0 Å². The van der Waals surface area contributed by atoms with Crippen molar-refractivity contribution in [1.29, 1.82) is 0 Å². The molecule has 1 fully saturated rings. The van der Waals surface area contributed by atoms with Crippen LogP contribution in [0.5, 0.6) is 0 Å². The van der Waals surface area contributed by atoms with Crippen molar-refractivity contribution in [3.8, 4) is 0 Å². The Balaban J connectivity index is 3.21. The molecule has 1 aliphatic rings. The molecule has 0 amide bonds. The van der Waals surface area contributed by atoms with E-state index in [1.807, 2.05) is 0 Å². The van der Waals surface area contributed by atoms with Crippen LogP contribution in [0.15, 0.2) is 0 Å². The van der Waals surface area contributed by atoms with Crippen LogP contribution in [0.2, 0.25) is 0 Å². The van der Waals surface area contributed by atoms with E-state index in [4.69, 9.17) is 18.9 Å². The molecule has 24 heavy (non-hydrogen) atoms. The average Bonchev–Trinajstić information content (AvgIpc) is 2.73. The lowest BCUT2D eigenvalue weighted by molar-refractivity contribution is -0.372. The maximum absolute atomic E-state index is 11.8. The van der Waals surface area contributed by atoms with Crippen LogP contribution in [0, 0.1) is 0 Å². The van der Waals surface area contributed by atoms with Gasteiger partial charge in [0.05, 0.1) is 0 Å². The van der Waals surface area contributed by atoms with Gasteiger partial charge in [0.15, 0.2) is 0 Å². The minimum Gasteiger partial charge on any atom is -0.326 e. The van der Waals surface area contributed by atoms with Crippen molar-refractivity contribution >= 4 is 9.17 Å². The standard InChI is InChI=1S/C18H36O5Si/c1-5-9-13-17(14-10-6-2)18(15-11-7-3,16-12-8-4)21-23-24(19)22-20-17/h5-16H2,1-4H3. The minimum absolute atomic E-state index is 0.583. The van der Waals surface area contributed by atoms with Crippen molar-refractivity contribution in [1.82, 2.24) is 0 Å². The number of unbranched alkanes of at least 4 members (excludes halogenated alkanes) is 4. The van der Waals surface area contributed by atoms with Crippen LogP contribution in [-0.4, -0.2) is 20.4 Å². The van der Waals surface area contributed by atoms with Gasteiger partial charge in [0.25, 0.3) is 0 Å². The van der Waals surface area contributed by atoms with Gasteiger partial charge >= 0.3 is 9.17 Å². The SMILES string of the molecule is CCCCC1(CCCC)OO[Si](=O)OOC1(CCCC)CCCC. The van der Waals surface area contributed by atoms with Crippen molar-refractivity contribution < 1.29 is 23.4 Å². The fourth-order valence-electron chi connectivity index (χ4n) is 3.57. The zero-order chi connectivity index (χ0) is 17.9. The third-order valence-electron chi connectivity index (χ3n) is 5.11. The molecule has 0 bridgehead atoms. The molecule has 0 spiro atoms. The Morgan fingerprint density at radius 2 is 0.917 bits per heavy atom. The Kier molecular flexibility index (Phi) is 10.1. The zero-order valence-corrected chi connectivity index (χ0v) is 17.0. The summed E-state index contributed by atoms with van der Waals surface area (Å²) in [6.45, 7) is 8.69. The largest absolute Gasteiger partial charge is 0.835 e. The second-order valence-electron chi connectivity index (χ2n) is 6.99. The van der Waals surface area contributed by atoms with E-state index in [9.17, 15) is 4.46 Å². The van der Waals surface area contributed by atoms with Crippen LogP contribution in [0.25, 0.3) is 0 Å². The Labute approximate surface area is 149 Å². The van der Waals surface area contributed by atoms with Crippen molar-refractivity contribution in [3.05, 3.63) is 0 Å². The van der Waals surface area contributed by atoms with Gasteiger partial charge in [0, 0.05) is 0 Å². The van der Waals surface area contributed by atoms with E-state index in [-0.39, 0.29) is 0 Å². The highest BCUT2D eigenvalue weighted by Crippen LogP contribution is 2.46. The predicted octanol–water partition coefficient (Wildman–Crippen LogP) is 5.55. The van der Waals surface area contributed by atoms with Gasteiger partial charge in [-0.1, -0.05) is 79.1 Å². The second-order valence-corrected chi connectivity index (χ2v) is 7.82. The van der Waals surface area contributed by atoms with Crippen LogP contribution < -0.4 is 0 Å². The fourth-order valence-corrected chi connectivity index (χ4v) is 4.05. The van der Waals surface area contributed by atoms with Gasteiger partial charge < -0.3 is 9.15 Å². The van der Waals surface area contributed by atoms with E-state index >= 15 is 0 Å². The Hall–Kier alpha value is -0.463. The van der Waals surface area contributed by atoms with Gasteiger partial charge in [-0.05, 0) is 25.7 Å². The molecule has 0 aromatic rings. The molecule has 1 aliphatic heterocycles. The maximum Gasteiger partial charge on any atom is 0.835 e. The van der Waals surface area contributed by atoms with Crippen LogP contribution in [0.3, 0.4) is 0 Å². The first-order valence-electron chi connectivity index (χ1n) is 9.85. The molecule has 0 saturated carbocycles. The normalized spacial score (nSPS) is 19.4. The third kappa shape index (κ3) is 5.53. The summed E-state index contributed by atoms with van der Waals surface area (Å²) in [6.07, 6.45) is 11.8. The van der Waals surface area contributed by atoms with Crippen molar-refractivity contribution in [3.63, 3.8) is 0 Å². The summed E-state index contributed by atoms with van der Waals surface area (Å²) in [4.78, 5) is 11.8. The second kappa shape index (κ2) is 11.2. The van der Waals surface area contributed by atoms with E-state index in [1.54, 1.807) is 0 Å². The zero-order valence-electron chi connectivity index (χ0n) is 16.0. The Morgan fingerprint density at radius 1 is 0.625 bits per heavy atom. The first-order chi connectivity index (χ1) is 11.6. The molecule has 0 radical (unpaired) electrons. The van der Waals surface area contributed by atoms with E-state index in [1.165, 1.54) is 0 Å². The first-order valence-corrected chi connectivity index (χ1v) is 11.1. The number of hydrogen-bond donors (Lipinski definition) is 0. The summed E-state index contributed by atoms with van der Waals surface area (Å²) in [6, 6.07) is 0. The Bertz CT molecular complexity index is 313. The molecular formula is C18H36O5Si. The molecule has 0 N–H and O–H groups in total. The highest BCUT2D eigenvalue weighted by molar-refractivity contribution is 6.25. The molecule has 0 unspecified atom stereocenters. The van der Waals surface area contributed by atoms with Gasteiger partial charge in [-0.3, -0.25) is 4.46 Å². The highest BCUT2D eigenvalue weighted by Gasteiger charge is 2.57. The lowest BCUT2D eigenvalue weighted by Gasteiger charge is -2.45. The molecule has 1 rings (SSSR count). The van der Waals surface area contributed by atoms with E-state index in [0.29, 0.717) is 0 Å². The topological polar surface area (TPSA) is 54.0 Å². The van der Waals surface area contributed by atoms with Crippen LogP contribution in [0.4, 0.5) is 0 Å². The van der Waals surface area contributed by atoms with Crippen molar-refractivity contribution in [2.75, 3.05) is 0 Å². The van der Waals surface area contributed by atoms with Crippen molar-refractivity contribution in [2.24, 2.45) is 0 Å².